The molecule has 0 aliphatic carbocycles. The van der Waals surface area contributed by atoms with Gasteiger partial charge in [-0.25, -0.2) is 4.39 Å². The molecule has 158 valence electrons. The lowest BCUT2D eigenvalue weighted by Gasteiger charge is -2.10. The predicted octanol–water partition coefficient (Wildman–Crippen LogP) is 4.95. The van der Waals surface area contributed by atoms with E-state index in [2.05, 4.69) is 20.4 Å². The Morgan fingerprint density at radius 1 is 1.03 bits per heavy atom. The molecular weight excluding hydrogens is 405 g/mol. The zero-order valence-corrected chi connectivity index (χ0v) is 17.3. The number of aromatic amines is 1. The first-order valence-corrected chi connectivity index (χ1v) is 10.2. The van der Waals surface area contributed by atoms with Gasteiger partial charge in [0.05, 0.1) is 12.0 Å². The largest absolute Gasteiger partial charge is 0.361 e. The van der Waals surface area contributed by atoms with Gasteiger partial charge >= 0.3 is 0 Å². The number of carbonyl (C=O) groups excluding carboxylic acids is 1. The smallest absolute Gasteiger partial charge is 0.230 e. The third-order valence-electron chi connectivity index (χ3n) is 5.42. The summed E-state index contributed by atoms with van der Waals surface area (Å²) in [7, 11) is 1.78. The molecule has 6 nitrogen and oxygen atoms in total. The molecule has 0 saturated carbocycles. The van der Waals surface area contributed by atoms with Crippen LogP contribution >= 0.6 is 0 Å². The van der Waals surface area contributed by atoms with Crippen molar-refractivity contribution in [2.45, 2.75) is 6.42 Å². The molecule has 0 atom stereocenters. The first-order chi connectivity index (χ1) is 15.6. The molecule has 0 aliphatic rings. The van der Waals surface area contributed by atoms with Gasteiger partial charge in [0.1, 0.15) is 17.3 Å². The number of hydrogen-bond donors (Lipinski definition) is 2. The van der Waals surface area contributed by atoms with Crippen molar-refractivity contribution < 1.29 is 9.18 Å². The van der Waals surface area contributed by atoms with Crippen LogP contribution in [0, 0.1) is 5.82 Å². The fourth-order valence-corrected chi connectivity index (χ4v) is 3.90. The van der Waals surface area contributed by atoms with Gasteiger partial charge < -0.3 is 10.3 Å². The predicted molar refractivity (Wildman–Crippen MR) is 122 cm³/mol. The molecule has 3 heterocycles. The van der Waals surface area contributed by atoms with Crippen LogP contribution in [0.5, 0.6) is 0 Å². The zero-order valence-electron chi connectivity index (χ0n) is 17.3. The Balaban J connectivity index is 1.53. The first-order valence-electron chi connectivity index (χ1n) is 10.2. The quantitative estimate of drug-likeness (QED) is 0.418. The highest BCUT2D eigenvalue weighted by Gasteiger charge is 2.21. The Morgan fingerprint density at radius 3 is 2.56 bits per heavy atom. The van der Waals surface area contributed by atoms with E-state index in [1.165, 1.54) is 12.1 Å². The highest BCUT2D eigenvalue weighted by molar-refractivity contribution is 6.00. The lowest BCUT2D eigenvalue weighted by Crippen LogP contribution is -2.17. The van der Waals surface area contributed by atoms with Gasteiger partial charge in [-0.15, -0.1) is 0 Å². The number of amides is 1. The molecule has 0 spiro atoms. The number of aryl methyl sites for hydroxylation is 1. The summed E-state index contributed by atoms with van der Waals surface area (Å²) in [5.74, 6) is 0.0986. The van der Waals surface area contributed by atoms with Crippen molar-refractivity contribution in [1.29, 1.82) is 0 Å². The summed E-state index contributed by atoms with van der Waals surface area (Å²) in [6.07, 6.45) is 5.46. The number of hydrogen-bond acceptors (Lipinski definition) is 3. The van der Waals surface area contributed by atoms with E-state index in [0.29, 0.717) is 11.5 Å². The molecule has 5 rings (SSSR count). The highest BCUT2D eigenvalue weighted by atomic mass is 19.1. The molecule has 3 aromatic heterocycles. The van der Waals surface area contributed by atoms with Gasteiger partial charge in [0, 0.05) is 42.1 Å². The standard InChI is InChI=1S/C25H20FN5O/c1-31-25(29-22(32)14-18-15-28-21-5-3-2-4-20(18)21)23(16-10-12-27-13-11-16)24(30-31)17-6-8-19(26)9-7-17/h2-13,15,28H,14H2,1H3,(H,29,32). The van der Waals surface area contributed by atoms with Crippen LogP contribution in [0.4, 0.5) is 10.2 Å². The van der Waals surface area contributed by atoms with Crippen LogP contribution in [-0.4, -0.2) is 25.7 Å². The van der Waals surface area contributed by atoms with Crippen LogP contribution in [0.1, 0.15) is 5.56 Å². The molecule has 7 heteroatoms. The maximum atomic E-state index is 13.5. The molecule has 2 aromatic carbocycles. The molecule has 0 aliphatic heterocycles. The SMILES string of the molecule is Cn1nc(-c2ccc(F)cc2)c(-c2ccncc2)c1NC(=O)Cc1c[nH]c2ccccc12. The van der Waals surface area contributed by atoms with Gasteiger partial charge in [0.2, 0.25) is 5.91 Å². The minimum absolute atomic E-state index is 0.154. The second-order valence-electron chi connectivity index (χ2n) is 7.52. The third kappa shape index (κ3) is 3.65. The average Bonchev–Trinajstić information content (AvgIpc) is 3.36. The van der Waals surface area contributed by atoms with Crippen molar-refractivity contribution in [3.63, 3.8) is 0 Å². The molecule has 0 unspecified atom stereocenters. The van der Waals surface area contributed by atoms with Crippen molar-refractivity contribution in [3.8, 4) is 22.4 Å². The maximum absolute atomic E-state index is 13.5. The summed E-state index contributed by atoms with van der Waals surface area (Å²) in [6.45, 7) is 0. The average molecular weight is 425 g/mol. The monoisotopic (exact) mass is 425 g/mol. The number of benzene rings is 2. The van der Waals surface area contributed by atoms with E-state index in [-0.39, 0.29) is 18.1 Å². The molecule has 0 radical (unpaired) electrons. The van der Waals surface area contributed by atoms with Crippen LogP contribution in [0.3, 0.4) is 0 Å². The second kappa shape index (κ2) is 8.11. The molecule has 32 heavy (non-hydrogen) atoms. The van der Waals surface area contributed by atoms with E-state index in [1.54, 1.807) is 36.3 Å². The molecule has 0 bridgehead atoms. The lowest BCUT2D eigenvalue weighted by molar-refractivity contribution is -0.115. The topological polar surface area (TPSA) is 75.6 Å². The van der Waals surface area contributed by atoms with E-state index < -0.39 is 0 Å². The third-order valence-corrected chi connectivity index (χ3v) is 5.42. The fraction of sp³-hybridized carbons (Fsp3) is 0.0800. The van der Waals surface area contributed by atoms with E-state index in [9.17, 15) is 9.18 Å². The summed E-state index contributed by atoms with van der Waals surface area (Å²) >= 11 is 0. The molecule has 1 amide bonds. The lowest BCUT2D eigenvalue weighted by atomic mass is 10.0. The summed E-state index contributed by atoms with van der Waals surface area (Å²) in [5.41, 5.74) is 4.94. The van der Waals surface area contributed by atoms with Gasteiger partial charge in [-0.05, 0) is 53.6 Å². The van der Waals surface area contributed by atoms with Crippen LogP contribution in [0.25, 0.3) is 33.3 Å². The number of rotatable bonds is 5. The van der Waals surface area contributed by atoms with E-state index >= 15 is 0 Å². The Labute approximate surface area is 183 Å². The molecule has 2 N–H and O–H groups in total. The number of anilines is 1. The summed E-state index contributed by atoms with van der Waals surface area (Å²) in [6, 6.07) is 17.8. The van der Waals surface area contributed by atoms with Crippen LogP contribution < -0.4 is 5.32 Å². The van der Waals surface area contributed by atoms with Crippen molar-refractivity contribution >= 4 is 22.6 Å². The zero-order chi connectivity index (χ0) is 22.1. The number of fused-ring (bicyclic) bond motifs is 1. The number of para-hydroxylation sites is 1. The number of carbonyl (C=O) groups is 1. The number of nitrogens with one attached hydrogen (secondary N) is 2. The number of halogens is 1. The summed E-state index contributed by atoms with van der Waals surface area (Å²) < 4.78 is 15.1. The number of H-pyrrole nitrogens is 1. The van der Waals surface area contributed by atoms with Gasteiger partial charge in [0.15, 0.2) is 0 Å². The molecular formula is C25H20FN5O. The van der Waals surface area contributed by atoms with Gasteiger partial charge in [-0.1, -0.05) is 18.2 Å². The molecule has 5 aromatic rings. The van der Waals surface area contributed by atoms with E-state index in [4.69, 9.17) is 0 Å². The number of nitrogens with zero attached hydrogens (tertiary/aromatic N) is 3. The van der Waals surface area contributed by atoms with Crippen LogP contribution in [0.2, 0.25) is 0 Å². The Morgan fingerprint density at radius 2 is 1.78 bits per heavy atom. The van der Waals surface area contributed by atoms with E-state index in [1.807, 2.05) is 42.6 Å². The minimum Gasteiger partial charge on any atom is -0.361 e. The fourth-order valence-electron chi connectivity index (χ4n) is 3.90. The first kappa shape index (κ1) is 19.7. The number of aromatic nitrogens is 4. The van der Waals surface area contributed by atoms with Crippen molar-refractivity contribution in [2.75, 3.05) is 5.32 Å². The van der Waals surface area contributed by atoms with Gasteiger partial charge in [-0.3, -0.25) is 14.5 Å². The minimum atomic E-state index is -0.317. The Bertz CT molecular complexity index is 1400. The van der Waals surface area contributed by atoms with E-state index in [0.717, 1.165) is 33.2 Å². The van der Waals surface area contributed by atoms with Crippen molar-refractivity contribution in [3.05, 3.63) is 90.6 Å². The number of pyridine rings is 1. The second-order valence-corrected chi connectivity index (χ2v) is 7.52. The Kier molecular flexibility index (Phi) is 4.99. The maximum Gasteiger partial charge on any atom is 0.230 e. The van der Waals surface area contributed by atoms with Crippen molar-refractivity contribution in [1.82, 2.24) is 19.7 Å². The highest BCUT2D eigenvalue weighted by Crippen LogP contribution is 2.37. The summed E-state index contributed by atoms with van der Waals surface area (Å²) in [5, 5.41) is 8.70. The van der Waals surface area contributed by atoms with Crippen LogP contribution in [-0.2, 0) is 18.3 Å². The van der Waals surface area contributed by atoms with Gasteiger partial charge in [-0.2, -0.15) is 5.10 Å². The normalized spacial score (nSPS) is 11.1. The van der Waals surface area contributed by atoms with Crippen LogP contribution in [0.15, 0.2) is 79.3 Å². The van der Waals surface area contributed by atoms with Gasteiger partial charge in [0.25, 0.3) is 0 Å². The Hall–Kier alpha value is -4.26. The molecule has 0 fully saturated rings. The molecule has 0 saturated heterocycles. The van der Waals surface area contributed by atoms with Crippen molar-refractivity contribution in [2.24, 2.45) is 7.05 Å². The summed E-state index contributed by atoms with van der Waals surface area (Å²) in [4.78, 5) is 20.3.